The summed E-state index contributed by atoms with van der Waals surface area (Å²) in [6, 6.07) is 7.06. The summed E-state index contributed by atoms with van der Waals surface area (Å²) >= 11 is 0. The molecule has 0 aliphatic rings. The van der Waals surface area contributed by atoms with Gasteiger partial charge in [0.05, 0.1) is 25.4 Å². The Morgan fingerprint density at radius 3 is 2.35 bits per heavy atom. The lowest BCUT2D eigenvalue weighted by Gasteiger charge is -2.09. The molecule has 9 heteroatoms. The number of ether oxygens (including phenoxy) is 2. The van der Waals surface area contributed by atoms with Crippen LogP contribution in [0.15, 0.2) is 35.4 Å². The van der Waals surface area contributed by atoms with Crippen LogP contribution in [0.1, 0.15) is 21.5 Å². The summed E-state index contributed by atoms with van der Waals surface area (Å²) in [7, 11) is 2.79. The molecule has 2 aromatic rings. The number of carbonyl (C=O) groups excluding carboxylic acids is 1. The van der Waals surface area contributed by atoms with Crippen LogP contribution in [-0.2, 0) is 0 Å². The number of hydrogen-bond donors (Lipinski definition) is 2. The van der Waals surface area contributed by atoms with Crippen molar-refractivity contribution < 1.29 is 24.3 Å². The van der Waals surface area contributed by atoms with Crippen LogP contribution in [0.2, 0.25) is 0 Å². The summed E-state index contributed by atoms with van der Waals surface area (Å²) in [4.78, 5) is 22.4. The summed E-state index contributed by atoms with van der Waals surface area (Å²) in [5.41, 5.74) is 3.41. The number of aryl methyl sites for hydroxylation is 1. The zero-order valence-electron chi connectivity index (χ0n) is 14.3. The van der Waals surface area contributed by atoms with Crippen molar-refractivity contribution in [3.63, 3.8) is 0 Å². The average Bonchev–Trinajstić information content (AvgIpc) is 2.62. The molecule has 0 aliphatic heterocycles. The second kappa shape index (κ2) is 7.97. The minimum absolute atomic E-state index is 0.0617. The van der Waals surface area contributed by atoms with Crippen LogP contribution in [0.25, 0.3) is 0 Å². The number of benzene rings is 2. The van der Waals surface area contributed by atoms with Crippen LogP contribution in [0.5, 0.6) is 17.2 Å². The smallest absolute Gasteiger partial charge is 0.272 e. The number of hydrogen-bond acceptors (Lipinski definition) is 7. The van der Waals surface area contributed by atoms with Gasteiger partial charge in [-0.15, -0.1) is 0 Å². The van der Waals surface area contributed by atoms with Crippen molar-refractivity contribution in [2.24, 2.45) is 5.10 Å². The fourth-order valence-electron chi connectivity index (χ4n) is 2.22. The number of nitrogens with zero attached hydrogens (tertiary/aromatic N) is 2. The molecule has 26 heavy (non-hydrogen) atoms. The van der Waals surface area contributed by atoms with E-state index in [1.54, 1.807) is 6.92 Å². The second-order valence-corrected chi connectivity index (χ2v) is 5.23. The topological polar surface area (TPSA) is 123 Å². The number of rotatable bonds is 6. The number of phenols is 1. The van der Waals surface area contributed by atoms with Crippen molar-refractivity contribution in [2.45, 2.75) is 6.92 Å². The monoisotopic (exact) mass is 359 g/mol. The van der Waals surface area contributed by atoms with E-state index in [0.717, 1.165) is 0 Å². The van der Waals surface area contributed by atoms with Crippen molar-refractivity contribution in [1.29, 1.82) is 0 Å². The number of carbonyl (C=O) groups is 1. The van der Waals surface area contributed by atoms with Gasteiger partial charge in [0.2, 0.25) is 5.75 Å². The highest BCUT2D eigenvalue weighted by Crippen LogP contribution is 2.36. The predicted molar refractivity (Wildman–Crippen MR) is 94.1 cm³/mol. The highest BCUT2D eigenvalue weighted by Gasteiger charge is 2.14. The largest absolute Gasteiger partial charge is 0.502 e. The maximum absolute atomic E-state index is 12.1. The molecule has 0 saturated carbocycles. The summed E-state index contributed by atoms with van der Waals surface area (Å²) in [5, 5.41) is 24.5. The lowest BCUT2D eigenvalue weighted by molar-refractivity contribution is -0.385. The van der Waals surface area contributed by atoms with Gasteiger partial charge in [0.1, 0.15) is 0 Å². The molecule has 0 spiro atoms. The van der Waals surface area contributed by atoms with Gasteiger partial charge in [0, 0.05) is 22.8 Å². The van der Waals surface area contributed by atoms with Crippen LogP contribution >= 0.6 is 0 Å². The SMILES string of the molecule is COc1cc(C=NNC(=O)c2ccc([N+](=O)[O-])c(C)c2)cc(OC)c1O. The zero-order valence-corrected chi connectivity index (χ0v) is 14.3. The van der Waals surface area contributed by atoms with E-state index in [1.807, 2.05) is 0 Å². The molecule has 0 unspecified atom stereocenters. The molecule has 2 rings (SSSR count). The molecule has 9 nitrogen and oxygen atoms in total. The third kappa shape index (κ3) is 4.07. The highest BCUT2D eigenvalue weighted by molar-refractivity contribution is 5.95. The Hall–Kier alpha value is -3.62. The van der Waals surface area contributed by atoms with Gasteiger partial charge < -0.3 is 14.6 Å². The first-order valence-corrected chi connectivity index (χ1v) is 7.40. The lowest BCUT2D eigenvalue weighted by Crippen LogP contribution is -2.17. The number of methoxy groups -OCH3 is 2. The Bertz CT molecular complexity index is 854. The summed E-state index contributed by atoms with van der Waals surface area (Å²) in [6.07, 6.45) is 1.35. The molecule has 0 saturated heterocycles. The number of aromatic hydroxyl groups is 1. The van der Waals surface area contributed by atoms with Gasteiger partial charge in [-0.05, 0) is 31.2 Å². The van der Waals surface area contributed by atoms with E-state index < -0.39 is 10.8 Å². The fraction of sp³-hybridized carbons (Fsp3) is 0.176. The maximum atomic E-state index is 12.1. The Morgan fingerprint density at radius 2 is 1.85 bits per heavy atom. The van der Waals surface area contributed by atoms with Gasteiger partial charge in [-0.1, -0.05) is 0 Å². The molecule has 0 aromatic heterocycles. The van der Waals surface area contributed by atoms with Gasteiger partial charge in [-0.3, -0.25) is 14.9 Å². The molecule has 1 amide bonds. The van der Waals surface area contributed by atoms with Crippen molar-refractivity contribution in [3.8, 4) is 17.2 Å². The number of nitro benzene ring substituents is 1. The van der Waals surface area contributed by atoms with E-state index in [9.17, 15) is 20.0 Å². The van der Waals surface area contributed by atoms with E-state index in [1.165, 1.54) is 50.8 Å². The van der Waals surface area contributed by atoms with Crippen LogP contribution in [0, 0.1) is 17.0 Å². The number of nitro groups is 1. The zero-order chi connectivity index (χ0) is 19.3. The first-order valence-electron chi connectivity index (χ1n) is 7.40. The normalized spacial score (nSPS) is 10.6. The average molecular weight is 359 g/mol. The molecule has 0 heterocycles. The molecule has 136 valence electrons. The molecule has 0 bridgehead atoms. The summed E-state index contributed by atoms with van der Waals surface area (Å²) < 4.78 is 10.1. The molecule has 0 radical (unpaired) electrons. The number of hydrazone groups is 1. The minimum Gasteiger partial charge on any atom is -0.502 e. The Labute approximate surface area is 149 Å². The first kappa shape index (κ1) is 18.7. The molecular weight excluding hydrogens is 342 g/mol. The van der Waals surface area contributed by atoms with Gasteiger partial charge in [0.25, 0.3) is 11.6 Å². The highest BCUT2D eigenvalue weighted by atomic mass is 16.6. The van der Waals surface area contributed by atoms with E-state index in [4.69, 9.17) is 9.47 Å². The minimum atomic E-state index is -0.517. The Balaban J connectivity index is 2.14. The van der Waals surface area contributed by atoms with Gasteiger partial charge >= 0.3 is 0 Å². The van der Waals surface area contributed by atoms with Crippen molar-refractivity contribution >= 4 is 17.8 Å². The Morgan fingerprint density at radius 1 is 1.23 bits per heavy atom. The standard InChI is InChI=1S/C17H17N3O6/c1-10-6-12(4-5-13(10)20(23)24)17(22)19-18-9-11-7-14(25-2)16(21)15(8-11)26-3/h4-9,21H,1-3H3,(H,19,22). The molecule has 0 aliphatic carbocycles. The third-order valence-corrected chi connectivity index (χ3v) is 3.54. The third-order valence-electron chi connectivity index (χ3n) is 3.54. The first-order chi connectivity index (χ1) is 12.4. The molecule has 0 fully saturated rings. The molecular formula is C17H17N3O6. The van der Waals surface area contributed by atoms with Crippen molar-refractivity contribution in [3.05, 3.63) is 57.1 Å². The lowest BCUT2D eigenvalue weighted by atomic mass is 10.1. The quantitative estimate of drug-likeness (QED) is 0.464. The Kier molecular flexibility index (Phi) is 5.74. The van der Waals surface area contributed by atoms with Crippen LogP contribution < -0.4 is 14.9 Å². The van der Waals surface area contributed by atoms with E-state index >= 15 is 0 Å². The number of amides is 1. The predicted octanol–water partition coefficient (Wildman–Crippen LogP) is 2.39. The van der Waals surface area contributed by atoms with Crippen LogP contribution in [0.3, 0.4) is 0 Å². The summed E-state index contributed by atoms with van der Waals surface area (Å²) in [6.45, 7) is 1.55. The second-order valence-electron chi connectivity index (χ2n) is 5.23. The van der Waals surface area contributed by atoms with Crippen molar-refractivity contribution in [1.82, 2.24) is 5.43 Å². The molecule has 2 aromatic carbocycles. The molecule has 0 atom stereocenters. The molecule has 2 N–H and O–H groups in total. The van der Waals surface area contributed by atoms with E-state index in [2.05, 4.69) is 10.5 Å². The number of nitrogens with one attached hydrogen (secondary N) is 1. The maximum Gasteiger partial charge on any atom is 0.272 e. The fourth-order valence-corrected chi connectivity index (χ4v) is 2.22. The van der Waals surface area contributed by atoms with Gasteiger partial charge in [-0.2, -0.15) is 5.10 Å². The van der Waals surface area contributed by atoms with E-state index in [-0.39, 0.29) is 28.5 Å². The van der Waals surface area contributed by atoms with E-state index in [0.29, 0.717) is 11.1 Å². The number of phenolic OH excluding ortho intramolecular Hbond substituents is 1. The van der Waals surface area contributed by atoms with Crippen LogP contribution in [-0.4, -0.2) is 36.4 Å². The van der Waals surface area contributed by atoms with Gasteiger partial charge in [-0.25, -0.2) is 5.43 Å². The van der Waals surface area contributed by atoms with Crippen molar-refractivity contribution in [2.75, 3.05) is 14.2 Å². The van der Waals surface area contributed by atoms with Crippen LogP contribution in [0.4, 0.5) is 5.69 Å². The van der Waals surface area contributed by atoms with Gasteiger partial charge in [0.15, 0.2) is 11.5 Å². The summed E-state index contributed by atoms with van der Waals surface area (Å²) in [5.74, 6) is -0.263.